The summed E-state index contributed by atoms with van der Waals surface area (Å²) in [7, 11) is 0. The Morgan fingerprint density at radius 2 is 0.333 bits per heavy atom. The summed E-state index contributed by atoms with van der Waals surface area (Å²) in [6, 6.07) is 0. The predicted octanol–water partition coefficient (Wildman–Crippen LogP) is -2.89. The van der Waals surface area contributed by atoms with Gasteiger partial charge in [-0.2, -0.15) is 0 Å². The first-order valence-corrected chi connectivity index (χ1v) is 19.8. The molecule has 0 saturated heterocycles. The van der Waals surface area contributed by atoms with Crippen LogP contribution in [0.1, 0.15) is 69.2 Å². The summed E-state index contributed by atoms with van der Waals surface area (Å²) >= 11 is 0. The van der Waals surface area contributed by atoms with Gasteiger partial charge in [0.2, 0.25) is 0 Å². The maximum absolute atomic E-state index is 9.60. The Morgan fingerprint density at radius 1 is 0.283 bits per heavy atom. The Bertz CT molecular complexity index is 521. The molecule has 0 amide bonds. The first-order valence-electron chi connectivity index (χ1n) is 19.8. The highest BCUT2D eigenvalue weighted by atomic mass is 16.4. The lowest BCUT2D eigenvalue weighted by Gasteiger charge is -1.97. The molecule has 0 unspecified atom stereocenters. The summed E-state index contributed by atoms with van der Waals surface area (Å²) in [5.74, 6) is -0.519. The van der Waals surface area contributed by atoms with Crippen LogP contribution in [0.3, 0.4) is 0 Å². The molecule has 0 aromatic carbocycles. The lowest BCUT2D eigenvalue weighted by molar-refractivity contribution is -0.132. The van der Waals surface area contributed by atoms with E-state index < -0.39 is 5.97 Å². The standard InChI is InChI=1S/9C4H10O2.C4H6O2/c9*1-4(2-5)3-6;1-3(2)4(5)6/h9*4-6H,2-3H2,1H3;1H2,2H3,(H,5,6). The number of carboxylic acids is 1. The van der Waals surface area contributed by atoms with Crippen LogP contribution in [0.4, 0.5) is 0 Å². The minimum atomic E-state index is -0.935. The molecule has 0 spiro atoms. The molecular weight excluding hydrogens is 800 g/mol. The van der Waals surface area contributed by atoms with Crippen LogP contribution in [0.15, 0.2) is 12.2 Å². The summed E-state index contributed by atoms with van der Waals surface area (Å²) in [5.41, 5.74) is 0.176. The smallest absolute Gasteiger partial charge is 0.330 e. The van der Waals surface area contributed by atoms with Crippen molar-refractivity contribution in [1.29, 1.82) is 0 Å². The maximum atomic E-state index is 9.60. The Kier molecular flexibility index (Phi) is 103. The van der Waals surface area contributed by atoms with Crippen molar-refractivity contribution in [3.8, 4) is 0 Å². The lowest BCUT2D eigenvalue weighted by Crippen LogP contribution is -2.04. The van der Waals surface area contributed by atoms with E-state index in [1.807, 2.05) is 0 Å². The summed E-state index contributed by atoms with van der Waals surface area (Å²) in [4.78, 5) is 9.60. The van der Waals surface area contributed by atoms with Gasteiger partial charge in [0.25, 0.3) is 0 Å². The largest absolute Gasteiger partial charge is 0.478 e. The molecule has 0 fully saturated rings. The molecular formula is C40H96O20. The van der Waals surface area contributed by atoms with Crippen LogP contribution in [0.25, 0.3) is 0 Å². The fourth-order valence-corrected chi connectivity index (χ4v) is 0.520. The van der Waals surface area contributed by atoms with Gasteiger partial charge in [0, 0.05) is 178 Å². The van der Waals surface area contributed by atoms with Gasteiger partial charge in [0.15, 0.2) is 0 Å². The number of aliphatic hydroxyl groups excluding tert-OH is 18. The molecule has 0 aromatic heterocycles. The highest BCUT2D eigenvalue weighted by molar-refractivity contribution is 5.84. The van der Waals surface area contributed by atoms with Crippen LogP contribution in [-0.2, 0) is 4.79 Å². The molecule has 0 radical (unpaired) electrons. The van der Waals surface area contributed by atoms with Gasteiger partial charge in [-0.3, -0.25) is 0 Å². The van der Waals surface area contributed by atoms with Crippen molar-refractivity contribution in [3.63, 3.8) is 0 Å². The number of aliphatic hydroxyl groups is 18. The molecule has 376 valence electrons. The zero-order valence-electron chi connectivity index (χ0n) is 38.5. The van der Waals surface area contributed by atoms with Gasteiger partial charge in [0.05, 0.1) is 0 Å². The zero-order valence-corrected chi connectivity index (χ0v) is 38.5. The van der Waals surface area contributed by atoms with E-state index in [0.29, 0.717) is 0 Å². The summed E-state index contributed by atoms with van der Waals surface area (Å²) in [6.45, 7) is 22.0. The van der Waals surface area contributed by atoms with Gasteiger partial charge in [-0.15, -0.1) is 0 Å². The third kappa shape index (κ3) is 117. The highest BCUT2D eigenvalue weighted by Gasteiger charge is 1.96. The Labute approximate surface area is 361 Å². The quantitative estimate of drug-likeness (QED) is 0.0579. The van der Waals surface area contributed by atoms with Gasteiger partial charge in [-0.05, 0) is 6.92 Å². The minimum absolute atomic E-state index is 0.0463. The van der Waals surface area contributed by atoms with E-state index in [0.717, 1.165) is 0 Å². The van der Waals surface area contributed by atoms with E-state index >= 15 is 0 Å². The SMILES string of the molecule is C=C(C)C(=O)O.CC(CO)CO.CC(CO)CO.CC(CO)CO.CC(CO)CO.CC(CO)CO.CC(CO)CO.CC(CO)CO.CC(CO)CO.CC(CO)CO. The second-order valence-corrected chi connectivity index (χ2v) is 14.3. The number of hydrogen-bond donors (Lipinski definition) is 19. The second-order valence-electron chi connectivity index (χ2n) is 14.3. The van der Waals surface area contributed by atoms with Gasteiger partial charge in [-0.25, -0.2) is 4.79 Å². The molecule has 20 nitrogen and oxygen atoms in total. The lowest BCUT2D eigenvalue weighted by atomic mass is 10.2. The monoisotopic (exact) mass is 897 g/mol. The molecule has 0 atom stereocenters. The predicted molar refractivity (Wildman–Crippen MR) is 232 cm³/mol. The van der Waals surface area contributed by atoms with Crippen LogP contribution in [0.2, 0.25) is 0 Å². The first-order chi connectivity index (χ1) is 27.9. The molecule has 0 saturated carbocycles. The van der Waals surface area contributed by atoms with Crippen molar-refractivity contribution < 1.29 is 102 Å². The normalized spacial score (nSPS) is 9.75. The molecule has 0 rings (SSSR count). The van der Waals surface area contributed by atoms with Crippen molar-refractivity contribution in [1.82, 2.24) is 0 Å². The summed E-state index contributed by atoms with van der Waals surface area (Å²) in [5, 5.41) is 155. The van der Waals surface area contributed by atoms with Gasteiger partial charge in [0.1, 0.15) is 0 Å². The Hall–Kier alpha value is -1.51. The van der Waals surface area contributed by atoms with Crippen molar-refractivity contribution in [3.05, 3.63) is 12.2 Å². The van der Waals surface area contributed by atoms with Crippen molar-refractivity contribution in [2.24, 2.45) is 53.3 Å². The number of aliphatic carboxylic acids is 1. The number of hydrogen-bond acceptors (Lipinski definition) is 19. The Morgan fingerprint density at radius 3 is 0.333 bits per heavy atom. The highest BCUT2D eigenvalue weighted by Crippen LogP contribution is 1.89. The van der Waals surface area contributed by atoms with Gasteiger partial charge in [-0.1, -0.05) is 68.9 Å². The van der Waals surface area contributed by atoms with Crippen molar-refractivity contribution >= 4 is 5.97 Å². The number of carboxylic acid groups (broad SMARTS) is 1. The fraction of sp³-hybridized carbons (Fsp3) is 0.925. The van der Waals surface area contributed by atoms with Gasteiger partial charge >= 0.3 is 5.97 Å². The first kappa shape index (κ1) is 82.2. The third-order valence-electron chi connectivity index (χ3n) is 5.98. The van der Waals surface area contributed by atoms with Crippen LogP contribution in [0, 0.1) is 53.3 Å². The molecule has 0 aromatic rings. The minimum Gasteiger partial charge on any atom is -0.478 e. The van der Waals surface area contributed by atoms with Crippen molar-refractivity contribution in [2.45, 2.75) is 69.2 Å². The molecule has 60 heavy (non-hydrogen) atoms. The average molecular weight is 897 g/mol. The molecule has 0 heterocycles. The van der Waals surface area contributed by atoms with Crippen molar-refractivity contribution in [2.75, 3.05) is 119 Å². The topological polar surface area (TPSA) is 401 Å². The van der Waals surface area contributed by atoms with E-state index in [9.17, 15) is 4.79 Å². The molecule has 0 bridgehead atoms. The zero-order chi connectivity index (χ0) is 50.1. The summed E-state index contributed by atoms with van der Waals surface area (Å²) in [6.07, 6.45) is 0. The van der Waals surface area contributed by atoms with Crippen LogP contribution in [0.5, 0.6) is 0 Å². The van der Waals surface area contributed by atoms with Crippen LogP contribution in [-0.4, -0.2) is 222 Å². The van der Waals surface area contributed by atoms with E-state index in [4.69, 9.17) is 97.0 Å². The van der Waals surface area contributed by atoms with Crippen LogP contribution < -0.4 is 0 Å². The van der Waals surface area contributed by atoms with Gasteiger partial charge < -0.3 is 97.0 Å². The molecule has 20 heteroatoms. The fourth-order valence-electron chi connectivity index (χ4n) is 0.520. The molecule has 0 aliphatic heterocycles. The van der Waals surface area contributed by atoms with Crippen LogP contribution >= 0.6 is 0 Å². The number of rotatable bonds is 19. The van der Waals surface area contributed by atoms with E-state index in [-0.39, 0.29) is 178 Å². The van der Waals surface area contributed by atoms with E-state index in [1.165, 1.54) is 6.92 Å². The number of carbonyl (C=O) groups is 1. The summed E-state index contributed by atoms with van der Waals surface area (Å²) < 4.78 is 0. The second kappa shape index (κ2) is 74.9. The average Bonchev–Trinajstić information content (AvgIpc) is 3.30. The molecule has 0 aliphatic carbocycles. The third-order valence-corrected chi connectivity index (χ3v) is 5.98. The maximum Gasteiger partial charge on any atom is 0.330 e. The van der Waals surface area contributed by atoms with E-state index in [2.05, 4.69) is 6.58 Å². The molecule has 19 N–H and O–H groups in total. The molecule has 0 aliphatic rings. The van der Waals surface area contributed by atoms with E-state index in [1.54, 1.807) is 62.3 Å². The Balaban J connectivity index is -0.0000000579.